The largest absolute Gasteiger partial charge is 0.311 e. The minimum absolute atomic E-state index is 1.12. The Morgan fingerprint density at radius 3 is 1.17 bits per heavy atom. The van der Waals surface area contributed by atoms with E-state index in [-0.39, 0.29) is 0 Å². The Labute approximate surface area is 275 Å². The van der Waals surface area contributed by atoms with Gasteiger partial charge < -0.3 is 4.90 Å². The quantitative estimate of drug-likeness (QED) is 0.172. The zero-order valence-electron chi connectivity index (χ0n) is 25.8. The Balaban J connectivity index is 1.13. The molecule has 9 aromatic carbocycles. The Bertz CT molecular complexity index is 2360. The lowest BCUT2D eigenvalue weighted by Gasteiger charge is -2.26. The molecule has 0 saturated carbocycles. The van der Waals surface area contributed by atoms with Gasteiger partial charge in [-0.25, -0.2) is 0 Å². The number of benzene rings is 9. The van der Waals surface area contributed by atoms with Crippen LogP contribution >= 0.6 is 0 Å². The molecule has 0 aromatic heterocycles. The van der Waals surface area contributed by atoms with Gasteiger partial charge in [0.05, 0.1) is 0 Å². The maximum Gasteiger partial charge on any atom is 0.0462 e. The van der Waals surface area contributed by atoms with Crippen molar-refractivity contribution in [2.75, 3.05) is 4.90 Å². The van der Waals surface area contributed by atoms with Gasteiger partial charge in [0.15, 0.2) is 0 Å². The van der Waals surface area contributed by atoms with Crippen molar-refractivity contribution in [1.29, 1.82) is 0 Å². The molecule has 0 aliphatic rings. The number of hydrogen-bond donors (Lipinski definition) is 0. The molecule has 0 amide bonds. The van der Waals surface area contributed by atoms with E-state index in [9.17, 15) is 0 Å². The minimum atomic E-state index is 1.12. The smallest absolute Gasteiger partial charge is 0.0462 e. The molecule has 0 saturated heterocycles. The number of hydrogen-bond acceptors (Lipinski definition) is 1. The van der Waals surface area contributed by atoms with Crippen LogP contribution < -0.4 is 4.90 Å². The van der Waals surface area contributed by atoms with Gasteiger partial charge in [0.2, 0.25) is 0 Å². The molecular weight excluding hydrogens is 567 g/mol. The fourth-order valence-corrected chi connectivity index (χ4v) is 7.09. The van der Waals surface area contributed by atoms with Crippen LogP contribution in [0.3, 0.4) is 0 Å². The van der Waals surface area contributed by atoms with E-state index in [0.717, 1.165) is 17.1 Å². The predicted molar refractivity (Wildman–Crippen MR) is 201 cm³/mol. The van der Waals surface area contributed by atoms with Gasteiger partial charge in [-0.15, -0.1) is 0 Å². The number of anilines is 3. The molecule has 0 radical (unpaired) electrons. The highest BCUT2D eigenvalue weighted by molar-refractivity contribution is 6.25. The highest BCUT2D eigenvalue weighted by atomic mass is 15.1. The van der Waals surface area contributed by atoms with Gasteiger partial charge >= 0.3 is 0 Å². The molecule has 0 aliphatic carbocycles. The molecule has 0 atom stereocenters. The summed E-state index contributed by atoms with van der Waals surface area (Å²) in [5.74, 6) is 0. The zero-order chi connectivity index (χ0) is 31.2. The first-order chi connectivity index (χ1) is 23.3. The normalized spacial score (nSPS) is 11.4. The first-order valence-electron chi connectivity index (χ1n) is 16.2. The first kappa shape index (κ1) is 27.2. The second kappa shape index (κ2) is 11.3. The maximum atomic E-state index is 2.34. The Morgan fingerprint density at radius 2 is 0.660 bits per heavy atom. The van der Waals surface area contributed by atoms with E-state index in [1.165, 1.54) is 65.7 Å². The van der Waals surface area contributed by atoms with Crippen molar-refractivity contribution in [1.82, 2.24) is 0 Å². The molecule has 1 nitrogen and oxygen atoms in total. The molecule has 0 unspecified atom stereocenters. The zero-order valence-corrected chi connectivity index (χ0v) is 25.8. The summed E-state index contributed by atoms with van der Waals surface area (Å²) in [6, 6.07) is 68.1. The van der Waals surface area contributed by atoms with Crippen LogP contribution in [0.25, 0.3) is 65.7 Å². The Morgan fingerprint density at radius 1 is 0.255 bits per heavy atom. The van der Waals surface area contributed by atoms with Gasteiger partial charge in [-0.05, 0) is 102 Å². The van der Waals surface area contributed by atoms with Gasteiger partial charge in [0.25, 0.3) is 0 Å². The van der Waals surface area contributed by atoms with Gasteiger partial charge in [-0.1, -0.05) is 152 Å². The molecule has 47 heavy (non-hydrogen) atoms. The van der Waals surface area contributed by atoms with E-state index >= 15 is 0 Å². The van der Waals surface area contributed by atoms with E-state index in [1.54, 1.807) is 0 Å². The third-order valence-corrected chi connectivity index (χ3v) is 9.43. The van der Waals surface area contributed by atoms with Crippen molar-refractivity contribution >= 4 is 49.4 Å². The van der Waals surface area contributed by atoms with Crippen LogP contribution in [0.2, 0.25) is 0 Å². The summed E-state index contributed by atoms with van der Waals surface area (Å²) in [5.41, 5.74) is 10.7. The SMILES string of the molecule is c1ccc(-c2ccc(N(c3ccc(-c4ccccc4)cc3)c3ccc(-c4ccc5ccc6cccc7ccc4c5c67)cc3)cc2)cc1. The van der Waals surface area contributed by atoms with Crippen molar-refractivity contribution < 1.29 is 0 Å². The molecule has 0 fully saturated rings. The summed E-state index contributed by atoms with van der Waals surface area (Å²) < 4.78 is 0. The van der Waals surface area contributed by atoms with E-state index in [2.05, 4.69) is 193 Å². The number of nitrogens with zero attached hydrogens (tertiary/aromatic N) is 1. The lowest BCUT2D eigenvalue weighted by atomic mass is 9.90. The average Bonchev–Trinajstić information content (AvgIpc) is 3.15. The average molecular weight is 598 g/mol. The molecule has 0 heterocycles. The van der Waals surface area contributed by atoms with Crippen LogP contribution in [-0.4, -0.2) is 0 Å². The molecular formula is C46H31N. The summed E-state index contributed by atoms with van der Waals surface area (Å²) in [4.78, 5) is 2.34. The summed E-state index contributed by atoms with van der Waals surface area (Å²) in [6.45, 7) is 0. The highest BCUT2D eigenvalue weighted by Gasteiger charge is 2.16. The van der Waals surface area contributed by atoms with Gasteiger partial charge in [-0.3, -0.25) is 0 Å². The van der Waals surface area contributed by atoms with Crippen molar-refractivity contribution in [3.63, 3.8) is 0 Å². The van der Waals surface area contributed by atoms with Crippen LogP contribution in [0.1, 0.15) is 0 Å². The molecule has 9 aromatic rings. The van der Waals surface area contributed by atoms with Crippen LogP contribution in [0.15, 0.2) is 188 Å². The van der Waals surface area contributed by atoms with Gasteiger partial charge in [0, 0.05) is 17.1 Å². The van der Waals surface area contributed by atoms with Crippen LogP contribution in [-0.2, 0) is 0 Å². The van der Waals surface area contributed by atoms with E-state index in [0.29, 0.717) is 0 Å². The van der Waals surface area contributed by atoms with Crippen LogP contribution in [0.4, 0.5) is 17.1 Å². The Kier molecular flexibility index (Phi) is 6.54. The molecule has 1 heteroatoms. The predicted octanol–water partition coefficient (Wildman–Crippen LogP) is 13.1. The summed E-state index contributed by atoms with van der Waals surface area (Å²) in [6.07, 6.45) is 0. The second-order valence-corrected chi connectivity index (χ2v) is 12.2. The maximum absolute atomic E-state index is 2.34. The third kappa shape index (κ3) is 4.81. The Hall–Kier alpha value is -6.18. The summed E-state index contributed by atoms with van der Waals surface area (Å²) in [5, 5.41) is 7.87. The monoisotopic (exact) mass is 597 g/mol. The second-order valence-electron chi connectivity index (χ2n) is 12.2. The molecule has 220 valence electrons. The minimum Gasteiger partial charge on any atom is -0.311 e. The summed E-state index contributed by atoms with van der Waals surface area (Å²) in [7, 11) is 0. The van der Waals surface area contributed by atoms with Crippen molar-refractivity contribution in [2.45, 2.75) is 0 Å². The van der Waals surface area contributed by atoms with Crippen molar-refractivity contribution in [3.8, 4) is 33.4 Å². The van der Waals surface area contributed by atoms with Crippen LogP contribution in [0, 0.1) is 0 Å². The molecule has 0 aliphatic heterocycles. The third-order valence-electron chi connectivity index (χ3n) is 9.43. The molecule has 0 N–H and O–H groups in total. The summed E-state index contributed by atoms with van der Waals surface area (Å²) >= 11 is 0. The fraction of sp³-hybridized carbons (Fsp3) is 0. The molecule has 0 spiro atoms. The molecule has 9 rings (SSSR count). The standard InChI is InChI=1S/C46H31N/c1-3-8-32(9-4-1)34-16-24-40(25-17-34)47(41-26-18-35(19-27-41)33-10-5-2-6-11-33)42-28-20-36(21-29-42)43-30-22-39-15-14-37-12-7-13-38-23-31-44(43)46(39)45(37)38/h1-31H. The van der Waals surface area contributed by atoms with E-state index in [4.69, 9.17) is 0 Å². The van der Waals surface area contributed by atoms with Gasteiger partial charge in [0.1, 0.15) is 0 Å². The van der Waals surface area contributed by atoms with Crippen LogP contribution in [0.5, 0.6) is 0 Å². The fourth-order valence-electron chi connectivity index (χ4n) is 7.09. The van der Waals surface area contributed by atoms with Crippen molar-refractivity contribution in [2.24, 2.45) is 0 Å². The van der Waals surface area contributed by atoms with E-state index in [1.807, 2.05) is 0 Å². The number of rotatable bonds is 6. The first-order valence-corrected chi connectivity index (χ1v) is 16.2. The molecule has 0 bridgehead atoms. The topological polar surface area (TPSA) is 3.24 Å². The lowest BCUT2D eigenvalue weighted by Crippen LogP contribution is -2.09. The highest BCUT2D eigenvalue weighted by Crippen LogP contribution is 2.41. The van der Waals surface area contributed by atoms with Gasteiger partial charge in [-0.2, -0.15) is 0 Å². The lowest BCUT2D eigenvalue weighted by molar-refractivity contribution is 1.28. The van der Waals surface area contributed by atoms with Crippen molar-refractivity contribution in [3.05, 3.63) is 188 Å². The van der Waals surface area contributed by atoms with E-state index < -0.39 is 0 Å².